The Morgan fingerprint density at radius 1 is 1.44 bits per heavy atom. The van der Waals surface area contributed by atoms with Gasteiger partial charge in [-0.2, -0.15) is 0 Å². The van der Waals surface area contributed by atoms with Crippen LogP contribution in [0.5, 0.6) is 5.75 Å². The van der Waals surface area contributed by atoms with Gasteiger partial charge in [0.05, 0.1) is 16.8 Å². The zero-order chi connectivity index (χ0) is 10.7. The van der Waals surface area contributed by atoms with Crippen molar-refractivity contribution in [3.05, 3.63) is 22.2 Å². The summed E-state index contributed by atoms with van der Waals surface area (Å²) in [5.74, 6) is 0.910. The Balaban J connectivity index is 0.00000128. The first-order valence-electron chi connectivity index (χ1n) is 5.06. The average molecular weight is 305 g/mol. The molecular formula is C11H13NOS2Zn. The zero-order valence-electron chi connectivity index (χ0n) is 9.29. The number of H-pyrrole nitrogens is 1. The van der Waals surface area contributed by atoms with Crippen LogP contribution in [-0.2, 0) is 19.5 Å². The summed E-state index contributed by atoms with van der Waals surface area (Å²) in [5, 5.41) is 0. The van der Waals surface area contributed by atoms with Gasteiger partial charge in [0.25, 0.3) is 0 Å². The molecule has 1 aromatic heterocycles. The van der Waals surface area contributed by atoms with E-state index in [1.165, 1.54) is 0 Å². The van der Waals surface area contributed by atoms with Crippen LogP contribution in [0.2, 0.25) is 0 Å². The van der Waals surface area contributed by atoms with E-state index in [2.05, 4.69) is 18.0 Å². The predicted molar refractivity (Wildman–Crippen MR) is 67.4 cm³/mol. The fourth-order valence-corrected chi connectivity index (χ4v) is 2.52. The van der Waals surface area contributed by atoms with Crippen LogP contribution in [0.25, 0.3) is 10.2 Å². The molecule has 0 aliphatic heterocycles. The van der Waals surface area contributed by atoms with Crippen molar-refractivity contribution >= 4 is 33.8 Å². The van der Waals surface area contributed by atoms with Gasteiger partial charge in [0.1, 0.15) is 5.75 Å². The Labute approximate surface area is 117 Å². The third-order valence-corrected chi connectivity index (χ3v) is 3.37. The summed E-state index contributed by atoms with van der Waals surface area (Å²) in [6.45, 7) is 2.92. The Hall–Kier alpha value is -0.247. The molecule has 0 unspecified atom stereocenters. The molecular weight excluding hydrogens is 292 g/mol. The van der Waals surface area contributed by atoms with Gasteiger partial charge in [-0.25, -0.2) is 0 Å². The second-order valence-electron chi connectivity index (χ2n) is 3.35. The Morgan fingerprint density at radius 3 is 3.00 bits per heavy atom. The number of nitrogens with one attached hydrogen (secondary N) is 1. The molecule has 0 spiro atoms. The number of benzene rings is 1. The van der Waals surface area contributed by atoms with Crippen LogP contribution in [0.4, 0.5) is 0 Å². The predicted octanol–water partition coefficient (Wildman–Crippen LogP) is 4.14. The van der Waals surface area contributed by atoms with Crippen LogP contribution < -0.4 is 4.74 Å². The molecule has 2 nitrogen and oxygen atoms in total. The van der Waals surface area contributed by atoms with Gasteiger partial charge in [0.2, 0.25) is 0 Å². The normalized spacial score (nSPS) is 10.1. The van der Waals surface area contributed by atoms with Gasteiger partial charge in [-0.15, -0.1) is 11.3 Å². The minimum Gasteiger partial charge on any atom is -0.491 e. The Bertz CT molecular complexity index is 506. The van der Waals surface area contributed by atoms with Gasteiger partial charge >= 0.3 is 0 Å². The van der Waals surface area contributed by atoms with Gasteiger partial charge in [-0.1, -0.05) is 19.4 Å². The van der Waals surface area contributed by atoms with Crippen molar-refractivity contribution in [2.45, 2.75) is 19.8 Å². The number of ether oxygens (including phenoxy) is 1. The molecule has 0 bridgehead atoms. The van der Waals surface area contributed by atoms with E-state index in [1.807, 2.05) is 12.1 Å². The van der Waals surface area contributed by atoms with Crippen molar-refractivity contribution in [2.75, 3.05) is 6.61 Å². The van der Waals surface area contributed by atoms with Crippen LogP contribution >= 0.6 is 23.6 Å². The molecule has 0 aliphatic carbocycles. The maximum absolute atomic E-state index is 5.70. The summed E-state index contributed by atoms with van der Waals surface area (Å²) in [7, 11) is 0. The van der Waals surface area contributed by atoms with Gasteiger partial charge < -0.3 is 9.72 Å². The topological polar surface area (TPSA) is 25.0 Å². The number of rotatable bonds is 4. The quantitative estimate of drug-likeness (QED) is 0.522. The van der Waals surface area contributed by atoms with Crippen LogP contribution in [0.1, 0.15) is 19.8 Å². The van der Waals surface area contributed by atoms with E-state index in [9.17, 15) is 0 Å². The Kier molecular flexibility index (Phi) is 5.60. The minimum absolute atomic E-state index is 0. The van der Waals surface area contributed by atoms with Crippen molar-refractivity contribution in [2.24, 2.45) is 0 Å². The van der Waals surface area contributed by atoms with E-state index in [1.54, 1.807) is 11.3 Å². The SMILES string of the molecule is CCCCOc1cccc2sc(=S)[nH]c12.[Zn]. The minimum atomic E-state index is 0. The van der Waals surface area contributed by atoms with E-state index in [-0.39, 0.29) is 19.5 Å². The van der Waals surface area contributed by atoms with Crippen LogP contribution in [0.3, 0.4) is 0 Å². The summed E-state index contributed by atoms with van der Waals surface area (Å²) in [4.78, 5) is 3.16. The van der Waals surface area contributed by atoms with Gasteiger partial charge in [0, 0.05) is 19.5 Å². The zero-order valence-corrected chi connectivity index (χ0v) is 13.9. The van der Waals surface area contributed by atoms with Crippen molar-refractivity contribution in [1.82, 2.24) is 4.98 Å². The number of hydrogen-bond acceptors (Lipinski definition) is 3. The molecule has 2 rings (SSSR count). The van der Waals surface area contributed by atoms with Crippen molar-refractivity contribution in [3.63, 3.8) is 0 Å². The summed E-state index contributed by atoms with van der Waals surface area (Å²) >= 11 is 6.70. The van der Waals surface area contributed by atoms with Crippen LogP contribution in [0.15, 0.2) is 18.2 Å². The molecule has 0 amide bonds. The smallest absolute Gasteiger partial charge is 0.159 e. The van der Waals surface area contributed by atoms with E-state index in [0.717, 1.165) is 39.4 Å². The molecule has 82 valence electrons. The second-order valence-corrected chi connectivity index (χ2v) is 5.06. The second kappa shape index (κ2) is 6.48. The number of fused-ring (bicyclic) bond motifs is 1. The molecule has 0 radical (unpaired) electrons. The molecule has 0 fully saturated rings. The van der Waals surface area contributed by atoms with E-state index >= 15 is 0 Å². The fourth-order valence-electron chi connectivity index (χ4n) is 1.39. The number of para-hydroxylation sites is 1. The first-order valence-corrected chi connectivity index (χ1v) is 6.28. The summed E-state index contributed by atoms with van der Waals surface area (Å²) < 4.78 is 7.67. The molecule has 2 aromatic rings. The number of thiazole rings is 1. The molecule has 1 heterocycles. The van der Waals surface area contributed by atoms with Gasteiger partial charge in [-0.3, -0.25) is 0 Å². The van der Waals surface area contributed by atoms with E-state index < -0.39 is 0 Å². The van der Waals surface area contributed by atoms with Crippen LogP contribution in [0, 0.1) is 3.95 Å². The van der Waals surface area contributed by atoms with Crippen LogP contribution in [-0.4, -0.2) is 11.6 Å². The van der Waals surface area contributed by atoms with E-state index in [0.29, 0.717) is 0 Å². The largest absolute Gasteiger partial charge is 0.491 e. The fraction of sp³-hybridized carbons (Fsp3) is 0.364. The molecule has 16 heavy (non-hydrogen) atoms. The average Bonchev–Trinajstić information content (AvgIpc) is 2.59. The molecule has 0 saturated heterocycles. The van der Waals surface area contributed by atoms with Gasteiger partial charge in [-0.05, 0) is 30.8 Å². The third kappa shape index (κ3) is 3.13. The molecule has 5 heteroatoms. The van der Waals surface area contributed by atoms with Crippen molar-refractivity contribution in [1.29, 1.82) is 0 Å². The first kappa shape index (κ1) is 13.8. The van der Waals surface area contributed by atoms with Crippen molar-refractivity contribution < 1.29 is 24.2 Å². The van der Waals surface area contributed by atoms with E-state index in [4.69, 9.17) is 17.0 Å². The van der Waals surface area contributed by atoms with Gasteiger partial charge in [0.15, 0.2) is 3.95 Å². The molecule has 0 atom stereocenters. The number of unbranched alkanes of at least 4 members (excludes halogenated alkanes) is 1. The monoisotopic (exact) mass is 303 g/mol. The molecule has 1 aromatic carbocycles. The van der Waals surface area contributed by atoms with Crippen molar-refractivity contribution in [3.8, 4) is 5.75 Å². The Morgan fingerprint density at radius 2 is 2.25 bits per heavy atom. The molecule has 1 N–H and O–H groups in total. The first-order chi connectivity index (χ1) is 7.31. The summed E-state index contributed by atoms with van der Waals surface area (Å²) in [5.41, 5.74) is 1.03. The third-order valence-electron chi connectivity index (χ3n) is 2.17. The summed E-state index contributed by atoms with van der Waals surface area (Å²) in [6, 6.07) is 6.04. The maximum Gasteiger partial charge on any atom is 0.159 e. The number of aromatic amines is 1. The molecule has 0 aliphatic rings. The number of aromatic nitrogens is 1. The summed E-state index contributed by atoms with van der Waals surface area (Å²) in [6.07, 6.45) is 2.23. The maximum atomic E-state index is 5.70. The number of hydrogen-bond donors (Lipinski definition) is 1. The standard InChI is InChI=1S/C11H13NOS2.Zn/c1-2-3-7-13-8-5-4-6-9-10(8)12-11(14)15-9;/h4-6H,2-3,7H2,1H3,(H,12,14);. The molecule has 0 saturated carbocycles.